The highest BCUT2D eigenvalue weighted by Crippen LogP contribution is 2.17. The van der Waals surface area contributed by atoms with Crippen molar-refractivity contribution in [1.29, 1.82) is 0 Å². The first-order chi connectivity index (χ1) is 13.6. The first-order valence-corrected chi connectivity index (χ1v) is 10.5. The van der Waals surface area contributed by atoms with Crippen LogP contribution < -0.4 is 16.2 Å². The van der Waals surface area contributed by atoms with Crippen LogP contribution in [0.2, 0.25) is 0 Å². The molecule has 2 aromatic heterocycles. The zero-order chi connectivity index (χ0) is 19.9. The van der Waals surface area contributed by atoms with Crippen molar-refractivity contribution in [3.63, 3.8) is 0 Å². The number of amides is 1. The number of aromatic nitrogens is 3. The number of pyridine rings is 1. The second-order valence-corrected chi connectivity index (χ2v) is 8.01. The van der Waals surface area contributed by atoms with E-state index in [1.807, 2.05) is 13.0 Å². The largest absolute Gasteiger partial charge is 0.381 e. The molecule has 3 rings (SSSR count). The van der Waals surface area contributed by atoms with E-state index < -0.39 is 5.91 Å². The van der Waals surface area contributed by atoms with Gasteiger partial charge in [0, 0.05) is 25.8 Å². The number of piperidine rings is 1. The molecule has 1 saturated heterocycles. The van der Waals surface area contributed by atoms with E-state index in [9.17, 15) is 9.59 Å². The molecule has 3 heterocycles. The van der Waals surface area contributed by atoms with Gasteiger partial charge in [-0.15, -0.1) is 22.6 Å². The van der Waals surface area contributed by atoms with Gasteiger partial charge in [-0.05, 0) is 57.3 Å². The van der Waals surface area contributed by atoms with E-state index in [1.54, 1.807) is 17.7 Å². The maximum Gasteiger partial charge on any atom is 0.263 e. The predicted octanol–water partition coefficient (Wildman–Crippen LogP) is 2.26. The zero-order valence-electron chi connectivity index (χ0n) is 16.8. The van der Waals surface area contributed by atoms with Gasteiger partial charge in [0.05, 0.1) is 6.61 Å². The number of hydrogen-bond donors (Lipinski definition) is 2. The van der Waals surface area contributed by atoms with Crippen LogP contribution in [0.25, 0.3) is 0 Å². The van der Waals surface area contributed by atoms with Gasteiger partial charge in [0.2, 0.25) is 5.13 Å². The number of hydrogen-bond acceptors (Lipinski definition) is 7. The standard InChI is InChI=1S/C19H27N5O3S.ClH/c1-3-27-10-7-15-22-23-19(28-15)21-17(25)16-13(2)6-9-24(18(16)26)12-14-5-4-8-20-11-14;/h6,9,14,20H,3-5,7-8,10-12H2,1-2H3,(H,21,23,25);1H. The number of nitrogens with one attached hydrogen (secondary N) is 2. The molecule has 0 radical (unpaired) electrons. The Labute approximate surface area is 180 Å². The summed E-state index contributed by atoms with van der Waals surface area (Å²) in [4.78, 5) is 25.7. The molecule has 0 aliphatic carbocycles. The van der Waals surface area contributed by atoms with Crippen molar-refractivity contribution in [3.8, 4) is 0 Å². The van der Waals surface area contributed by atoms with Gasteiger partial charge in [-0.25, -0.2) is 0 Å². The van der Waals surface area contributed by atoms with Gasteiger partial charge in [-0.1, -0.05) is 11.3 Å². The number of rotatable bonds is 8. The van der Waals surface area contributed by atoms with Gasteiger partial charge < -0.3 is 14.6 Å². The second kappa shape index (κ2) is 11.4. The van der Waals surface area contributed by atoms with Crippen molar-refractivity contribution in [3.05, 3.63) is 38.8 Å². The lowest BCUT2D eigenvalue weighted by Crippen LogP contribution is -2.36. The van der Waals surface area contributed by atoms with E-state index in [0.717, 1.165) is 30.9 Å². The van der Waals surface area contributed by atoms with Crippen LogP contribution in [0, 0.1) is 12.8 Å². The average molecular weight is 442 g/mol. The first-order valence-electron chi connectivity index (χ1n) is 9.70. The lowest BCUT2D eigenvalue weighted by Gasteiger charge is -2.23. The highest BCUT2D eigenvalue weighted by molar-refractivity contribution is 7.15. The van der Waals surface area contributed by atoms with Gasteiger partial charge in [-0.2, -0.15) is 0 Å². The van der Waals surface area contributed by atoms with Crippen LogP contribution in [-0.4, -0.2) is 47.0 Å². The fraction of sp³-hybridized carbons (Fsp3) is 0.579. The van der Waals surface area contributed by atoms with E-state index in [4.69, 9.17) is 4.74 Å². The van der Waals surface area contributed by atoms with Crippen LogP contribution in [0.1, 0.15) is 40.7 Å². The van der Waals surface area contributed by atoms with E-state index in [2.05, 4.69) is 20.8 Å². The molecular weight excluding hydrogens is 414 g/mol. The number of carbonyl (C=O) groups is 1. The Morgan fingerprint density at radius 1 is 1.45 bits per heavy atom. The minimum atomic E-state index is -0.439. The number of anilines is 1. The summed E-state index contributed by atoms with van der Waals surface area (Å²) in [5.74, 6) is -0.0349. The van der Waals surface area contributed by atoms with E-state index in [0.29, 0.717) is 42.8 Å². The Morgan fingerprint density at radius 2 is 2.28 bits per heavy atom. The summed E-state index contributed by atoms with van der Waals surface area (Å²) in [5.41, 5.74) is 0.558. The Balaban J connectivity index is 0.00000300. The molecule has 1 aliphatic heterocycles. The molecule has 29 heavy (non-hydrogen) atoms. The summed E-state index contributed by atoms with van der Waals surface area (Å²) in [5, 5.41) is 15.3. The van der Waals surface area contributed by atoms with Gasteiger partial charge in [0.1, 0.15) is 10.6 Å². The van der Waals surface area contributed by atoms with Crippen molar-refractivity contribution >= 4 is 34.8 Å². The Hall–Kier alpha value is -1.81. The van der Waals surface area contributed by atoms with Crippen LogP contribution in [-0.2, 0) is 17.7 Å². The van der Waals surface area contributed by atoms with E-state index >= 15 is 0 Å². The molecule has 2 aromatic rings. The predicted molar refractivity (Wildman–Crippen MR) is 116 cm³/mol. The number of ether oxygens (including phenoxy) is 1. The maximum absolute atomic E-state index is 12.9. The van der Waals surface area contributed by atoms with Crippen LogP contribution >= 0.6 is 23.7 Å². The topological polar surface area (TPSA) is 98.1 Å². The molecule has 160 valence electrons. The van der Waals surface area contributed by atoms with Crippen LogP contribution in [0.4, 0.5) is 5.13 Å². The number of halogens is 1. The van der Waals surface area contributed by atoms with Crippen molar-refractivity contribution in [1.82, 2.24) is 20.1 Å². The Kier molecular flexibility index (Phi) is 9.22. The quantitative estimate of drug-likeness (QED) is 0.610. The molecule has 1 fully saturated rings. The molecule has 1 aliphatic rings. The number of carbonyl (C=O) groups excluding carboxylic acids is 1. The molecule has 0 bridgehead atoms. The summed E-state index contributed by atoms with van der Waals surface area (Å²) >= 11 is 1.30. The molecule has 1 atom stereocenters. The van der Waals surface area contributed by atoms with Crippen molar-refractivity contribution < 1.29 is 9.53 Å². The average Bonchev–Trinajstić information content (AvgIpc) is 3.12. The molecule has 0 saturated carbocycles. The smallest absolute Gasteiger partial charge is 0.263 e. The SMILES string of the molecule is CCOCCc1nnc(NC(=O)c2c(C)ccn(CC3CCCNC3)c2=O)s1.Cl. The normalized spacial score (nSPS) is 16.3. The van der Waals surface area contributed by atoms with Gasteiger partial charge >= 0.3 is 0 Å². The summed E-state index contributed by atoms with van der Waals surface area (Å²) in [6.45, 7) is 7.48. The number of nitrogens with zero attached hydrogens (tertiary/aromatic N) is 3. The number of aryl methyl sites for hydroxylation is 1. The maximum atomic E-state index is 12.9. The molecule has 0 aromatic carbocycles. The van der Waals surface area contributed by atoms with E-state index in [-0.39, 0.29) is 23.5 Å². The Bertz CT molecular complexity index is 864. The molecule has 1 unspecified atom stereocenters. The monoisotopic (exact) mass is 441 g/mol. The third-order valence-electron chi connectivity index (χ3n) is 4.81. The lowest BCUT2D eigenvalue weighted by molar-refractivity contribution is 0.102. The first kappa shape index (κ1) is 23.5. The van der Waals surface area contributed by atoms with Gasteiger partial charge in [0.15, 0.2) is 0 Å². The molecule has 0 spiro atoms. The highest BCUT2D eigenvalue weighted by Gasteiger charge is 2.20. The minimum absolute atomic E-state index is 0. The van der Waals surface area contributed by atoms with Crippen molar-refractivity contribution in [2.24, 2.45) is 5.92 Å². The fourth-order valence-corrected chi connectivity index (χ4v) is 4.03. The van der Waals surface area contributed by atoms with Crippen molar-refractivity contribution in [2.75, 3.05) is 31.6 Å². The molecule has 8 nitrogen and oxygen atoms in total. The summed E-state index contributed by atoms with van der Waals surface area (Å²) in [6, 6.07) is 1.82. The van der Waals surface area contributed by atoms with Gasteiger partial charge in [-0.3, -0.25) is 14.9 Å². The molecule has 1 amide bonds. The summed E-state index contributed by atoms with van der Waals surface area (Å²) in [7, 11) is 0. The molecular formula is C19H28ClN5O3S. The molecule has 10 heteroatoms. The Morgan fingerprint density at radius 3 is 3.00 bits per heavy atom. The second-order valence-electron chi connectivity index (χ2n) is 6.95. The third kappa shape index (κ3) is 6.33. The summed E-state index contributed by atoms with van der Waals surface area (Å²) in [6.07, 6.45) is 4.62. The third-order valence-corrected chi connectivity index (χ3v) is 5.70. The van der Waals surface area contributed by atoms with Crippen LogP contribution in [0.5, 0.6) is 0 Å². The minimum Gasteiger partial charge on any atom is -0.381 e. The van der Waals surface area contributed by atoms with E-state index in [1.165, 1.54) is 11.3 Å². The summed E-state index contributed by atoms with van der Waals surface area (Å²) < 4.78 is 6.95. The van der Waals surface area contributed by atoms with Crippen LogP contribution in [0.3, 0.4) is 0 Å². The lowest BCUT2D eigenvalue weighted by atomic mass is 9.99. The van der Waals surface area contributed by atoms with Crippen molar-refractivity contribution in [2.45, 2.75) is 39.7 Å². The molecule has 2 N–H and O–H groups in total. The fourth-order valence-electron chi connectivity index (χ4n) is 3.31. The van der Waals surface area contributed by atoms with Gasteiger partial charge in [0.25, 0.3) is 11.5 Å². The highest BCUT2D eigenvalue weighted by atomic mass is 35.5. The van der Waals surface area contributed by atoms with Crippen LogP contribution in [0.15, 0.2) is 17.1 Å². The zero-order valence-corrected chi connectivity index (χ0v) is 18.4.